The summed E-state index contributed by atoms with van der Waals surface area (Å²) in [5.74, 6) is -0.788. The second-order valence-electron chi connectivity index (χ2n) is 8.90. The number of benzene rings is 2. The van der Waals surface area contributed by atoms with Crippen molar-refractivity contribution >= 4 is 52.2 Å². The predicted molar refractivity (Wildman–Crippen MR) is 140 cm³/mol. The van der Waals surface area contributed by atoms with Gasteiger partial charge in [0.1, 0.15) is 0 Å². The number of carbonyl (C=O) groups is 4. The number of rotatable bonds is 8. The largest absolute Gasteiger partial charge is 0.494 e. The zero-order valence-electron chi connectivity index (χ0n) is 20.7. The number of aromatic nitrogens is 2. The minimum absolute atomic E-state index is 0.00451. The van der Waals surface area contributed by atoms with Crippen molar-refractivity contribution in [1.82, 2.24) is 15.5 Å². The molecule has 3 aromatic rings. The van der Waals surface area contributed by atoms with E-state index in [0.29, 0.717) is 11.4 Å². The van der Waals surface area contributed by atoms with E-state index in [4.69, 9.17) is 4.74 Å². The van der Waals surface area contributed by atoms with Crippen LogP contribution in [0.15, 0.2) is 42.5 Å². The van der Waals surface area contributed by atoms with Crippen molar-refractivity contribution < 1.29 is 23.9 Å². The fraction of sp³-hybridized carbons (Fsp3) is 0.231. The summed E-state index contributed by atoms with van der Waals surface area (Å²) in [6, 6.07) is 11.6. The van der Waals surface area contributed by atoms with Crippen LogP contribution in [0.25, 0.3) is 0 Å². The maximum absolute atomic E-state index is 13.2. The van der Waals surface area contributed by atoms with Gasteiger partial charge in [0.2, 0.25) is 11.8 Å². The molecule has 0 radical (unpaired) electrons. The minimum Gasteiger partial charge on any atom is -0.494 e. The summed E-state index contributed by atoms with van der Waals surface area (Å²) in [6.45, 7) is 0. The summed E-state index contributed by atoms with van der Waals surface area (Å²) in [7, 11) is 2.89. The molecule has 0 unspecified atom stereocenters. The normalized spacial score (nSPS) is 13.7. The number of ether oxygens (including phenoxy) is 1. The van der Waals surface area contributed by atoms with Gasteiger partial charge in [-0.1, -0.05) is 6.07 Å². The molecule has 0 bridgehead atoms. The lowest BCUT2D eigenvalue weighted by atomic mass is 10.1. The summed E-state index contributed by atoms with van der Waals surface area (Å²) in [6.07, 6.45) is 1.90. The van der Waals surface area contributed by atoms with Gasteiger partial charge in [-0.2, -0.15) is 0 Å². The highest BCUT2D eigenvalue weighted by Gasteiger charge is 2.30. The summed E-state index contributed by atoms with van der Waals surface area (Å²) in [5, 5.41) is 21.9. The van der Waals surface area contributed by atoms with Crippen LogP contribution in [0, 0.1) is 5.92 Å². The maximum atomic E-state index is 13.2. The second-order valence-corrected chi connectivity index (χ2v) is 8.90. The Morgan fingerprint density at radius 2 is 1.82 bits per heavy atom. The monoisotopic (exact) mass is 515 g/mol. The molecule has 2 aromatic carbocycles. The average Bonchev–Trinajstić information content (AvgIpc) is 3.69. The quantitative estimate of drug-likeness (QED) is 0.306. The maximum Gasteiger partial charge on any atom is 0.273 e. The van der Waals surface area contributed by atoms with Crippen molar-refractivity contribution in [2.75, 3.05) is 35.4 Å². The molecule has 1 fully saturated rings. The molecule has 2 heterocycles. The van der Waals surface area contributed by atoms with Crippen molar-refractivity contribution in [2.24, 2.45) is 5.92 Å². The molecule has 0 spiro atoms. The number of fused-ring (bicyclic) bond motifs is 1. The van der Waals surface area contributed by atoms with Gasteiger partial charge in [-0.25, -0.2) is 0 Å². The number of para-hydroxylation sites is 1. The minimum atomic E-state index is -0.488. The first-order chi connectivity index (χ1) is 18.4. The number of methoxy groups -OCH3 is 1. The Labute approximate surface area is 217 Å². The summed E-state index contributed by atoms with van der Waals surface area (Å²) in [4.78, 5) is 49.5. The van der Waals surface area contributed by atoms with E-state index in [1.807, 2.05) is 0 Å². The molecule has 12 heteroatoms. The van der Waals surface area contributed by atoms with Gasteiger partial charge >= 0.3 is 0 Å². The van der Waals surface area contributed by atoms with Crippen LogP contribution in [0.2, 0.25) is 0 Å². The van der Waals surface area contributed by atoms with Gasteiger partial charge in [0.25, 0.3) is 11.8 Å². The first-order valence-corrected chi connectivity index (χ1v) is 11.9. The van der Waals surface area contributed by atoms with E-state index in [0.717, 1.165) is 24.1 Å². The predicted octanol–water partition coefficient (Wildman–Crippen LogP) is 2.68. The Kier molecular flexibility index (Phi) is 6.60. The average molecular weight is 516 g/mol. The zero-order valence-corrected chi connectivity index (χ0v) is 20.7. The summed E-state index contributed by atoms with van der Waals surface area (Å²) < 4.78 is 5.57. The van der Waals surface area contributed by atoms with Gasteiger partial charge in [-0.05, 0) is 48.7 Å². The van der Waals surface area contributed by atoms with Gasteiger partial charge in [0.15, 0.2) is 17.3 Å². The lowest BCUT2D eigenvalue weighted by Gasteiger charge is -2.17. The van der Waals surface area contributed by atoms with Crippen molar-refractivity contribution in [3.05, 3.63) is 59.3 Å². The van der Waals surface area contributed by atoms with E-state index >= 15 is 0 Å². The van der Waals surface area contributed by atoms with E-state index in [-0.39, 0.29) is 52.7 Å². The van der Waals surface area contributed by atoms with Crippen LogP contribution >= 0.6 is 0 Å². The van der Waals surface area contributed by atoms with Crippen molar-refractivity contribution in [1.29, 1.82) is 0 Å². The molecule has 0 atom stereocenters. The van der Waals surface area contributed by atoms with Crippen LogP contribution in [-0.2, 0) is 16.0 Å². The SMILES string of the molecule is CNC(=O)c1nnc(NC(=O)C2CC2)cc1Nc1cccc(C(=O)Nc2ccc3c(c2)CC(=O)N3)c1OC. The molecule has 1 aromatic heterocycles. The Balaban J connectivity index is 1.42. The summed E-state index contributed by atoms with van der Waals surface area (Å²) >= 11 is 0. The molecule has 12 nitrogen and oxygen atoms in total. The zero-order chi connectivity index (χ0) is 26.8. The Morgan fingerprint density at radius 1 is 1.00 bits per heavy atom. The van der Waals surface area contributed by atoms with Crippen LogP contribution in [0.3, 0.4) is 0 Å². The molecule has 1 aliphatic heterocycles. The number of hydrogen-bond donors (Lipinski definition) is 5. The standard InChI is InChI=1S/C26H25N7O5/c1-27-26(37)22-19(12-20(32-33-22)31-24(35)13-6-7-13)29-18-5-3-4-16(23(18)38-2)25(36)28-15-8-9-17-14(10-15)11-21(34)30-17/h3-5,8-10,12-13H,6-7,11H2,1-2H3,(H,27,37)(H,28,36)(H,30,34)(H2,29,31,32,35). The molecule has 1 aliphatic carbocycles. The first-order valence-electron chi connectivity index (χ1n) is 11.9. The lowest BCUT2D eigenvalue weighted by Crippen LogP contribution is -2.22. The molecule has 5 N–H and O–H groups in total. The van der Waals surface area contributed by atoms with Crippen LogP contribution in [-0.4, -0.2) is 48.0 Å². The lowest BCUT2D eigenvalue weighted by molar-refractivity contribution is -0.117. The van der Waals surface area contributed by atoms with E-state index in [9.17, 15) is 19.2 Å². The van der Waals surface area contributed by atoms with E-state index in [1.165, 1.54) is 20.2 Å². The van der Waals surface area contributed by atoms with Crippen molar-refractivity contribution in [3.63, 3.8) is 0 Å². The van der Waals surface area contributed by atoms with E-state index in [1.54, 1.807) is 36.4 Å². The molecule has 194 valence electrons. The Bertz CT molecular complexity index is 1470. The number of nitrogens with one attached hydrogen (secondary N) is 5. The first kappa shape index (κ1) is 24.7. The highest BCUT2D eigenvalue weighted by molar-refractivity contribution is 6.08. The van der Waals surface area contributed by atoms with Crippen LogP contribution in [0.1, 0.15) is 39.3 Å². The number of carbonyl (C=O) groups excluding carboxylic acids is 4. The molecular weight excluding hydrogens is 490 g/mol. The van der Waals surface area contributed by atoms with Gasteiger partial charge in [0, 0.05) is 30.4 Å². The molecular formula is C26H25N7O5. The fourth-order valence-electron chi connectivity index (χ4n) is 4.09. The van der Waals surface area contributed by atoms with Gasteiger partial charge in [-0.3, -0.25) is 19.2 Å². The molecule has 5 rings (SSSR count). The number of hydrogen-bond acceptors (Lipinski definition) is 8. The number of anilines is 5. The van der Waals surface area contributed by atoms with Gasteiger partial charge in [-0.15, -0.1) is 10.2 Å². The third kappa shape index (κ3) is 5.09. The highest BCUT2D eigenvalue weighted by atomic mass is 16.5. The van der Waals surface area contributed by atoms with Crippen LogP contribution in [0.5, 0.6) is 5.75 Å². The Hall–Kier alpha value is -5.00. The van der Waals surface area contributed by atoms with Crippen LogP contribution < -0.4 is 31.3 Å². The molecule has 1 saturated carbocycles. The Morgan fingerprint density at radius 3 is 2.55 bits per heavy atom. The van der Waals surface area contributed by atoms with E-state index in [2.05, 4.69) is 36.8 Å². The highest BCUT2D eigenvalue weighted by Crippen LogP contribution is 2.34. The van der Waals surface area contributed by atoms with E-state index < -0.39 is 11.8 Å². The third-order valence-electron chi connectivity index (χ3n) is 6.16. The number of nitrogens with zero attached hydrogens (tertiary/aromatic N) is 2. The summed E-state index contributed by atoms with van der Waals surface area (Å²) in [5.41, 5.74) is 2.93. The van der Waals surface area contributed by atoms with Crippen molar-refractivity contribution in [2.45, 2.75) is 19.3 Å². The topological polar surface area (TPSA) is 163 Å². The molecule has 2 aliphatic rings. The van der Waals surface area contributed by atoms with Crippen molar-refractivity contribution in [3.8, 4) is 5.75 Å². The second kappa shape index (κ2) is 10.2. The van der Waals surface area contributed by atoms with Gasteiger partial charge < -0.3 is 31.3 Å². The van der Waals surface area contributed by atoms with Crippen LogP contribution in [0.4, 0.5) is 28.6 Å². The third-order valence-corrected chi connectivity index (χ3v) is 6.16. The van der Waals surface area contributed by atoms with Gasteiger partial charge in [0.05, 0.1) is 30.5 Å². The smallest absolute Gasteiger partial charge is 0.273 e. The fourth-order valence-corrected chi connectivity index (χ4v) is 4.09. The molecule has 4 amide bonds. The molecule has 0 saturated heterocycles. The molecule has 38 heavy (non-hydrogen) atoms. The number of amides is 4.